The summed E-state index contributed by atoms with van der Waals surface area (Å²) in [6.45, 7) is 1.79. The van der Waals surface area contributed by atoms with Gasteiger partial charge in [0.25, 0.3) is 0 Å². The predicted molar refractivity (Wildman–Crippen MR) is 104 cm³/mol. The molecule has 29 heavy (non-hydrogen) atoms. The first-order valence-electron chi connectivity index (χ1n) is 9.01. The lowest BCUT2D eigenvalue weighted by molar-refractivity contribution is 0.0695. The fraction of sp³-hybridized carbons (Fsp3) is 0.200. The van der Waals surface area contributed by atoms with Crippen LogP contribution in [0.3, 0.4) is 0 Å². The molecule has 3 N–H and O–H groups in total. The summed E-state index contributed by atoms with van der Waals surface area (Å²) in [5.41, 5.74) is 6.14. The topological polar surface area (TPSA) is 107 Å². The normalized spacial score (nSPS) is 15.1. The first kappa shape index (κ1) is 17.5. The van der Waals surface area contributed by atoms with Crippen LogP contribution in [0, 0.1) is 5.82 Å². The van der Waals surface area contributed by atoms with Crippen LogP contribution in [-0.4, -0.2) is 41.9 Å². The van der Waals surface area contributed by atoms with Crippen molar-refractivity contribution in [2.45, 2.75) is 0 Å². The number of nitrogens with zero attached hydrogens (tertiary/aromatic N) is 2. The molecule has 2 aliphatic heterocycles. The molecule has 0 amide bonds. The average Bonchev–Trinajstić information content (AvgIpc) is 2.70. The second-order valence-electron chi connectivity index (χ2n) is 6.91. The zero-order valence-electron chi connectivity index (χ0n) is 15.1. The van der Waals surface area contributed by atoms with Crippen molar-refractivity contribution in [1.29, 1.82) is 0 Å². The third-order valence-corrected chi connectivity index (χ3v) is 5.18. The van der Waals surface area contributed by atoms with E-state index in [2.05, 4.69) is 0 Å². The van der Waals surface area contributed by atoms with Gasteiger partial charge in [0, 0.05) is 31.0 Å². The molecule has 0 aliphatic carbocycles. The Bertz CT molecular complexity index is 1250. The van der Waals surface area contributed by atoms with E-state index >= 15 is 4.39 Å². The molecule has 5 rings (SSSR count). The van der Waals surface area contributed by atoms with E-state index in [-0.39, 0.29) is 16.8 Å². The minimum absolute atomic E-state index is 0.0584. The Morgan fingerprint density at radius 2 is 1.97 bits per heavy atom. The molecule has 8 nitrogen and oxygen atoms in total. The molecule has 0 spiro atoms. The molecule has 9 heteroatoms. The highest BCUT2D eigenvalue weighted by Gasteiger charge is 2.31. The number of anilines is 2. The molecule has 1 aromatic heterocycles. The average molecular weight is 397 g/mol. The first-order chi connectivity index (χ1) is 14.0. The highest BCUT2D eigenvalue weighted by atomic mass is 19.1. The van der Waals surface area contributed by atoms with E-state index in [1.807, 2.05) is 0 Å². The zero-order chi connectivity index (χ0) is 20.3. The molecule has 3 aromatic rings. The number of aromatic nitrogens is 1. The van der Waals surface area contributed by atoms with Crippen LogP contribution in [0.15, 0.2) is 35.3 Å². The van der Waals surface area contributed by atoms with Crippen molar-refractivity contribution in [3.8, 4) is 17.2 Å². The molecule has 2 aromatic carbocycles. The van der Waals surface area contributed by atoms with Gasteiger partial charge in [-0.05, 0) is 18.2 Å². The number of ether oxygens (including phenoxy) is 2. The van der Waals surface area contributed by atoms with Gasteiger partial charge in [0.15, 0.2) is 17.3 Å². The summed E-state index contributed by atoms with van der Waals surface area (Å²) in [5, 5.41) is 9.41. The summed E-state index contributed by atoms with van der Waals surface area (Å²) in [6.07, 6.45) is 1.25. The number of morpholine rings is 1. The molecular formula is C20H16FN3O5. The van der Waals surface area contributed by atoms with Gasteiger partial charge < -0.3 is 29.8 Å². The Morgan fingerprint density at radius 3 is 2.69 bits per heavy atom. The van der Waals surface area contributed by atoms with E-state index < -0.39 is 22.8 Å². The third-order valence-electron chi connectivity index (χ3n) is 5.18. The van der Waals surface area contributed by atoms with Gasteiger partial charge in [-0.2, -0.15) is 0 Å². The standard InChI is InChI=1S/C20H16FN3O5/c21-13-8-11-16-19(17(13)23-3-5-28-6-4-23)29-15-7-10(22)1-2-14(15)24(16)9-12(18(11)25)20(26)27/h1-2,7-9H,3-6,22H2,(H,26,27). The van der Waals surface area contributed by atoms with E-state index in [9.17, 15) is 14.7 Å². The maximum Gasteiger partial charge on any atom is 0.341 e. The quantitative estimate of drug-likeness (QED) is 0.500. The lowest BCUT2D eigenvalue weighted by Crippen LogP contribution is -2.37. The van der Waals surface area contributed by atoms with Gasteiger partial charge in [0.2, 0.25) is 5.43 Å². The number of nitrogens with two attached hydrogens (primary N) is 1. The maximum absolute atomic E-state index is 15.2. The van der Waals surface area contributed by atoms with E-state index in [1.165, 1.54) is 6.20 Å². The Kier molecular flexibility index (Phi) is 3.75. The SMILES string of the molecule is Nc1ccc2c(c1)Oc1c(N3CCOCC3)c(F)cc3c(=O)c(C(=O)O)cn-2c13. The molecule has 1 saturated heterocycles. The van der Waals surface area contributed by atoms with E-state index in [4.69, 9.17) is 15.2 Å². The first-order valence-corrected chi connectivity index (χ1v) is 9.01. The second-order valence-corrected chi connectivity index (χ2v) is 6.91. The van der Waals surface area contributed by atoms with Crippen molar-refractivity contribution in [3.63, 3.8) is 0 Å². The minimum Gasteiger partial charge on any atom is -0.477 e. The summed E-state index contributed by atoms with van der Waals surface area (Å²) in [7, 11) is 0. The predicted octanol–water partition coefficient (Wildman–Crippen LogP) is 2.35. The lowest BCUT2D eigenvalue weighted by Gasteiger charge is -2.33. The highest BCUT2D eigenvalue weighted by Crippen LogP contribution is 2.47. The fourth-order valence-corrected chi connectivity index (χ4v) is 3.86. The molecule has 0 bridgehead atoms. The Morgan fingerprint density at radius 1 is 1.21 bits per heavy atom. The summed E-state index contributed by atoms with van der Waals surface area (Å²) in [5.74, 6) is -1.54. The Labute approximate surface area is 163 Å². The van der Waals surface area contributed by atoms with E-state index in [1.54, 1.807) is 27.7 Å². The molecule has 0 radical (unpaired) electrons. The van der Waals surface area contributed by atoms with Gasteiger partial charge in [0.1, 0.15) is 16.8 Å². The monoisotopic (exact) mass is 397 g/mol. The third kappa shape index (κ3) is 2.54. The summed E-state index contributed by atoms with van der Waals surface area (Å²) in [4.78, 5) is 26.2. The Balaban J connectivity index is 1.91. The van der Waals surface area contributed by atoms with Crippen LogP contribution >= 0.6 is 0 Å². The van der Waals surface area contributed by atoms with Crippen molar-refractivity contribution in [1.82, 2.24) is 4.57 Å². The van der Waals surface area contributed by atoms with Crippen LogP contribution in [0.4, 0.5) is 15.8 Å². The number of aromatic carboxylic acids is 1. The van der Waals surface area contributed by atoms with Crippen molar-refractivity contribution in [2.24, 2.45) is 0 Å². The number of halogens is 1. The number of fused-ring (bicyclic) bond motifs is 2. The van der Waals surface area contributed by atoms with E-state index in [0.717, 1.165) is 6.07 Å². The van der Waals surface area contributed by atoms with Crippen LogP contribution in [0.1, 0.15) is 10.4 Å². The van der Waals surface area contributed by atoms with Crippen molar-refractivity contribution >= 4 is 28.2 Å². The number of carboxylic acid groups (broad SMARTS) is 1. The zero-order valence-corrected chi connectivity index (χ0v) is 15.1. The molecule has 3 heterocycles. The van der Waals surface area contributed by atoms with E-state index in [0.29, 0.717) is 48.9 Å². The number of rotatable bonds is 2. The molecule has 1 fully saturated rings. The molecule has 0 atom stereocenters. The van der Waals surface area contributed by atoms with Crippen LogP contribution in [0.2, 0.25) is 0 Å². The van der Waals surface area contributed by atoms with Crippen LogP contribution in [-0.2, 0) is 4.74 Å². The summed E-state index contributed by atoms with van der Waals surface area (Å²) >= 11 is 0. The number of nitrogen functional groups attached to an aromatic ring is 1. The van der Waals surface area contributed by atoms with Gasteiger partial charge >= 0.3 is 5.97 Å². The number of carbonyl (C=O) groups is 1. The molecule has 0 saturated carbocycles. The van der Waals surface area contributed by atoms with Gasteiger partial charge in [-0.1, -0.05) is 0 Å². The lowest BCUT2D eigenvalue weighted by atomic mass is 10.1. The molecular weight excluding hydrogens is 381 g/mol. The largest absolute Gasteiger partial charge is 0.477 e. The van der Waals surface area contributed by atoms with Crippen LogP contribution < -0.4 is 20.8 Å². The molecule has 2 aliphatic rings. The van der Waals surface area contributed by atoms with Crippen LogP contribution in [0.5, 0.6) is 11.5 Å². The van der Waals surface area contributed by atoms with Crippen molar-refractivity contribution in [2.75, 3.05) is 36.9 Å². The number of pyridine rings is 1. The smallest absolute Gasteiger partial charge is 0.341 e. The Hall–Kier alpha value is -3.59. The number of hydrogen-bond acceptors (Lipinski definition) is 6. The number of carboxylic acids is 1. The fourth-order valence-electron chi connectivity index (χ4n) is 3.86. The summed E-state index contributed by atoms with van der Waals surface area (Å²) in [6, 6.07) is 5.97. The van der Waals surface area contributed by atoms with Gasteiger partial charge in [-0.25, -0.2) is 9.18 Å². The molecule has 148 valence electrons. The highest BCUT2D eigenvalue weighted by molar-refractivity contribution is 5.99. The summed E-state index contributed by atoms with van der Waals surface area (Å²) < 4.78 is 28.1. The maximum atomic E-state index is 15.2. The number of benzene rings is 2. The van der Waals surface area contributed by atoms with Crippen molar-refractivity contribution in [3.05, 3.63) is 52.1 Å². The number of hydrogen-bond donors (Lipinski definition) is 2. The van der Waals surface area contributed by atoms with Gasteiger partial charge in [0.05, 0.1) is 24.3 Å². The molecule has 0 unspecified atom stereocenters. The van der Waals surface area contributed by atoms with Crippen molar-refractivity contribution < 1.29 is 23.8 Å². The van der Waals surface area contributed by atoms with Gasteiger partial charge in [-0.3, -0.25) is 4.79 Å². The van der Waals surface area contributed by atoms with Gasteiger partial charge in [-0.15, -0.1) is 0 Å². The van der Waals surface area contributed by atoms with Crippen LogP contribution in [0.25, 0.3) is 16.6 Å². The second kappa shape index (κ2) is 6.21. The minimum atomic E-state index is -1.39.